The highest BCUT2D eigenvalue weighted by Crippen LogP contribution is 2.02. The first-order valence-corrected chi connectivity index (χ1v) is 7.24. The molecule has 0 fully saturated rings. The van der Waals surface area contributed by atoms with Gasteiger partial charge in [0.2, 0.25) is 0 Å². The Morgan fingerprint density at radius 3 is 2.28 bits per heavy atom. The van der Waals surface area contributed by atoms with Gasteiger partial charge in [0.15, 0.2) is 0 Å². The highest BCUT2D eigenvalue weighted by atomic mass is 15.1. The molecule has 0 atom stereocenters. The maximum atomic E-state index is 3.51. The molecule has 0 spiro atoms. The van der Waals surface area contributed by atoms with Crippen molar-refractivity contribution in [3.8, 4) is 0 Å². The first-order valence-electron chi connectivity index (χ1n) is 7.24. The fourth-order valence-electron chi connectivity index (χ4n) is 2.06. The monoisotopic (exact) mass is 248 g/mol. The van der Waals surface area contributed by atoms with Gasteiger partial charge in [-0.2, -0.15) is 0 Å². The molecule has 0 bridgehead atoms. The molecular formula is C16H28N2. The van der Waals surface area contributed by atoms with Crippen LogP contribution in [-0.4, -0.2) is 31.1 Å². The molecule has 2 nitrogen and oxygen atoms in total. The predicted molar refractivity (Wildman–Crippen MR) is 79.9 cm³/mol. The second-order valence-corrected chi connectivity index (χ2v) is 4.90. The predicted octanol–water partition coefficient (Wildman–Crippen LogP) is 3.21. The van der Waals surface area contributed by atoms with Gasteiger partial charge in [0, 0.05) is 6.54 Å². The van der Waals surface area contributed by atoms with Gasteiger partial charge in [-0.05, 0) is 51.5 Å². The molecule has 0 aromatic heterocycles. The van der Waals surface area contributed by atoms with E-state index < -0.39 is 0 Å². The summed E-state index contributed by atoms with van der Waals surface area (Å²) >= 11 is 0. The molecule has 1 N–H and O–H groups in total. The van der Waals surface area contributed by atoms with Gasteiger partial charge < -0.3 is 10.2 Å². The van der Waals surface area contributed by atoms with E-state index in [1.54, 1.807) is 0 Å². The van der Waals surface area contributed by atoms with Crippen LogP contribution in [0.3, 0.4) is 0 Å². The van der Waals surface area contributed by atoms with Gasteiger partial charge in [-0.25, -0.2) is 0 Å². The van der Waals surface area contributed by atoms with Crippen molar-refractivity contribution >= 4 is 0 Å². The smallest absolute Gasteiger partial charge is 0.0205 e. The van der Waals surface area contributed by atoms with Gasteiger partial charge >= 0.3 is 0 Å². The van der Waals surface area contributed by atoms with Crippen LogP contribution in [0.2, 0.25) is 0 Å². The molecule has 102 valence electrons. The second-order valence-electron chi connectivity index (χ2n) is 4.90. The molecule has 0 saturated heterocycles. The van der Waals surface area contributed by atoms with Crippen molar-refractivity contribution in [2.75, 3.05) is 26.2 Å². The van der Waals surface area contributed by atoms with Gasteiger partial charge in [-0.3, -0.25) is 0 Å². The number of nitrogens with zero attached hydrogens (tertiary/aromatic N) is 1. The van der Waals surface area contributed by atoms with E-state index in [9.17, 15) is 0 Å². The molecule has 0 aliphatic carbocycles. The molecule has 0 saturated carbocycles. The lowest BCUT2D eigenvalue weighted by Gasteiger charge is -2.17. The summed E-state index contributed by atoms with van der Waals surface area (Å²) in [5.41, 5.74) is 2.71. The zero-order valence-corrected chi connectivity index (χ0v) is 12.2. The van der Waals surface area contributed by atoms with Gasteiger partial charge in [0.25, 0.3) is 0 Å². The Morgan fingerprint density at radius 1 is 1.00 bits per heavy atom. The number of benzene rings is 1. The van der Waals surface area contributed by atoms with Crippen molar-refractivity contribution in [1.29, 1.82) is 0 Å². The Labute approximate surface area is 112 Å². The average Bonchev–Trinajstić information content (AvgIpc) is 2.40. The maximum Gasteiger partial charge on any atom is 0.0205 e. The molecule has 18 heavy (non-hydrogen) atoms. The number of hydrogen-bond donors (Lipinski definition) is 1. The highest BCUT2D eigenvalue weighted by Gasteiger charge is 1.98. The van der Waals surface area contributed by atoms with E-state index >= 15 is 0 Å². The molecule has 2 heteroatoms. The first kappa shape index (κ1) is 15.2. The Bertz CT molecular complexity index is 301. The van der Waals surface area contributed by atoms with Crippen molar-refractivity contribution < 1.29 is 0 Å². The van der Waals surface area contributed by atoms with Crippen molar-refractivity contribution in [2.24, 2.45) is 0 Å². The molecular weight excluding hydrogens is 220 g/mol. The lowest BCUT2D eigenvalue weighted by Crippen LogP contribution is -2.25. The van der Waals surface area contributed by atoms with E-state index in [0.29, 0.717) is 0 Å². The summed E-state index contributed by atoms with van der Waals surface area (Å²) in [5, 5.41) is 3.51. The minimum Gasteiger partial charge on any atom is -0.313 e. The third-order valence-corrected chi connectivity index (χ3v) is 3.42. The number of unbranched alkanes of at least 4 members (excludes halogenated alkanes) is 1. The fraction of sp³-hybridized carbons (Fsp3) is 0.625. The van der Waals surface area contributed by atoms with Crippen LogP contribution < -0.4 is 5.32 Å². The lowest BCUT2D eigenvalue weighted by molar-refractivity contribution is 0.296. The summed E-state index contributed by atoms with van der Waals surface area (Å²) in [5.74, 6) is 0. The number of rotatable bonds is 9. The first-order chi connectivity index (χ1) is 8.76. The highest BCUT2D eigenvalue weighted by molar-refractivity contribution is 5.20. The fourth-order valence-corrected chi connectivity index (χ4v) is 2.06. The maximum absolute atomic E-state index is 3.51. The van der Waals surface area contributed by atoms with Crippen LogP contribution in [0.5, 0.6) is 0 Å². The van der Waals surface area contributed by atoms with Crippen LogP contribution in [-0.2, 0) is 6.54 Å². The van der Waals surface area contributed by atoms with Crippen molar-refractivity contribution in [3.05, 3.63) is 35.4 Å². The van der Waals surface area contributed by atoms with Crippen molar-refractivity contribution in [3.63, 3.8) is 0 Å². The van der Waals surface area contributed by atoms with Crippen LogP contribution >= 0.6 is 0 Å². The Kier molecular flexibility index (Phi) is 7.70. The molecule has 0 aliphatic heterocycles. The largest absolute Gasteiger partial charge is 0.313 e. The van der Waals surface area contributed by atoms with Crippen LogP contribution in [0, 0.1) is 6.92 Å². The molecule has 1 rings (SSSR count). The lowest BCUT2D eigenvalue weighted by atomic mass is 10.1. The quantitative estimate of drug-likeness (QED) is 0.675. The zero-order valence-electron chi connectivity index (χ0n) is 12.2. The van der Waals surface area contributed by atoms with Crippen molar-refractivity contribution in [1.82, 2.24) is 10.2 Å². The third kappa shape index (κ3) is 6.18. The van der Waals surface area contributed by atoms with Gasteiger partial charge in [0.05, 0.1) is 0 Å². The van der Waals surface area contributed by atoms with Crippen LogP contribution in [0.15, 0.2) is 24.3 Å². The Morgan fingerprint density at radius 2 is 1.67 bits per heavy atom. The second kappa shape index (κ2) is 9.12. The molecule has 1 aromatic rings. The minimum atomic E-state index is 0.992. The standard InChI is InChI=1S/C16H28N2/c1-4-18(5-2)13-7-6-12-17-14-16-10-8-15(3)9-11-16/h8-11,17H,4-7,12-14H2,1-3H3. The SMILES string of the molecule is CCN(CC)CCCCNCc1ccc(C)cc1. The normalized spacial score (nSPS) is 11.1. The molecule has 0 amide bonds. The number of hydrogen-bond acceptors (Lipinski definition) is 2. The summed E-state index contributed by atoms with van der Waals surface area (Å²) < 4.78 is 0. The summed E-state index contributed by atoms with van der Waals surface area (Å²) in [4.78, 5) is 2.49. The summed E-state index contributed by atoms with van der Waals surface area (Å²) in [6, 6.07) is 8.77. The van der Waals surface area contributed by atoms with Gasteiger partial charge in [-0.1, -0.05) is 43.7 Å². The summed E-state index contributed by atoms with van der Waals surface area (Å²) in [6.07, 6.45) is 2.56. The van der Waals surface area contributed by atoms with Gasteiger partial charge in [-0.15, -0.1) is 0 Å². The van der Waals surface area contributed by atoms with E-state index in [1.807, 2.05) is 0 Å². The Balaban J connectivity index is 2.03. The summed E-state index contributed by atoms with van der Waals surface area (Å²) in [7, 11) is 0. The van der Waals surface area contributed by atoms with Crippen LogP contribution in [0.25, 0.3) is 0 Å². The summed E-state index contributed by atoms with van der Waals surface area (Å²) in [6.45, 7) is 12.3. The molecule has 0 heterocycles. The van der Waals surface area contributed by atoms with Gasteiger partial charge in [0.1, 0.15) is 0 Å². The molecule has 0 aliphatic rings. The zero-order chi connectivity index (χ0) is 13.2. The third-order valence-electron chi connectivity index (χ3n) is 3.42. The topological polar surface area (TPSA) is 15.3 Å². The molecule has 0 radical (unpaired) electrons. The average molecular weight is 248 g/mol. The molecule has 0 unspecified atom stereocenters. The Hall–Kier alpha value is -0.860. The van der Waals surface area contributed by atoms with Crippen LogP contribution in [0.1, 0.15) is 37.8 Å². The van der Waals surface area contributed by atoms with E-state index in [2.05, 4.69) is 55.3 Å². The van der Waals surface area contributed by atoms with E-state index in [4.69, 9.17) is 0 Å². The van der Waals surface area contributed by atoms with Crippen LogP contribution in [0.4, 0.5) is 0 Å². The van der Waals surface area contributed by atoms with E-state index in [1.165, 1.54) is 43.6 Å². The number of aryl methyl sites for hydroxylation is 1. The van der Waals surface area contributed by atoms with E-state index in [0.717, 1.165) is 13.1 Å². The van der Waals surface area contributed by atoms with E-state index in [-0.39, 0.29) is 0 Å². The molecule has 1 aromatic carbocycles. The number of nitrogens with one attached hydrogen (secondary N) is 1. The minimum absolute atomic E-state index is 0.992. The van der Waals surface area contributed by atoms with Crippen molar-refractivity contribution in [2.45, 2.75) is 40.2 Å².